The molecule has 0 aromatic carbocycles. The van der Waals surface area contributed by atoms with E-state index in [1.54, 1.807) is 6.92 Å². The maximum absolute atomic E-state index is 12.0. The lowest BCUT2D eigenvalue weighted by Crippen LogP contribution is -2.09. The maximum atomic E-state index is 12.0. The molecule has 0 unspecified atom stereocenters. The fourth-order valence-corrected chi connectivity index (χ4v) is 0.727. The van der Waals surface area contributed by atoms with Gasteiger partial charge in [0.25, 0.3) is 0 Å². The zero-order chi connectivity index (χ0) is 11.9. The first-order chi connectivity index (χ1) is 6.95. The quantitative estimate of drug-likeness (QED) is 0.724. The molecule has 1 rings (SSSR count). The molecule has 0 N–H and O–H groups in total. The van der Waals surface area contributed by atoms with Crippen molar-refractivity contribution < 1.29 is 13.2 Å². The third-order valence-corrected chi connectivity index (χ3v) is 1.31. The molecule has 0 aliphatic rings. The Morgan fingerprint density at radius 1 is 1.20 bits per heavy atom. The van der Waals surface area contributed by atoms with E-state index < -0.39 is 11.9 Å². The summed E-state index contributed by atoms with van der Waals surface area (Å²) in [5, 5.41) is 0. The number of halogens is 3. The van der Waals surface area contributed by atoms with Gasteiger partial charge in [-0.05, 0) is 6.07 Å². The molecule has 1 aromatic rings. The van der Waals surface area contributed by atoms with Gasteiger partial charge in [-0.3, -0.25) is 0 Å². The fraction of sp³-hybridized carbons (Fsp3) is 0.600. The minimum absolute atomic E-state index is 0.213. The van der Waals surface area contributed by atoms with Crippen LogP contribution in [0.3, 0.4) is 0 Å². The second-order valence-corrected chi connectivity index (χ2v) is 2.92. The molecule has 0 aliphatic heterocycles. The minimum atomic E-state index is -4.37. The van der Waals surface area contributed by atoms with Crippen LogP contribution in [0.4, 0.5) is 13.2 Å². The van der Waals surface area contributed by atoms with E-state index in [0.29, 0.717) is 6.42 Å². The monoisotopic (exact) mass is 220 g/mol. The minimum Gasteiger partial charge on any atom is -0.241 e. The number of hydrogen-bond acceptors (Lipinski definition) is 2. The van der Waals surface area contributed by atoms with Gasteiger partial charge in [0.1, 0.15) is 11.5 Å². The molecule has 5 heteroatoms. The van der Waals surface area contributed by atoms with E-state index >= 15 is 0 Å². The summed E-state index contributed by atoms with van der Waals surface area (Å²) in [6, 6.07) is 0.860. The van der Waals surface area contributed by atoms with E-state index in [4.69, 9.17) is 0 Å². The van der Waals surface area contributed by atoms with Crippen molar-refractivity contribution in [2.75, 3.05) is 0 Å². The molecule has 0 bridgehead atoms. The van der Waals surface area contributed by atoms with Crippen molar-refractivity contribution in [1.82, 2.24) is 9.97 Å². The first-order valence-electron chi connectivity index (χ1n) is 4.84. The predicted octanol–water partition coefficient (Wildman–Crippen LogP) is 3.47. The summed E-state index contributed by atoms with van der Waals surface area (Å²) >= 11 is 0. The Hall–Kier alpha value is -1.13. The van der Waals surface area contributed by atoms with Gasteiger partial charge in [-0.15, -0.1) is 0 Å². The van der Waals surface area contributed by atoms with Crippen LogP contribution in [0.5, 0.6) is 0 Å². The third-order valence-electron chi connectivity index (χ3n) is 1.31. The molecule has 86 valence electrons. The van der Waals surface area contributed by atoms with Gasteiger partial charge in [0.2, 0.25) is 0 Å². The van der Waals surface area contributed by atoms with Crippen molar-refractivity contribution in [2.24, 2.45) is 0 Å². The van der Waals surface area contributed by atoms with Gasteiger partial charge in [-0.25, -0.2) is 9.97 Å². The molecule has 2 nitrogen and oxygen atoms in total. The average molecular weight is 220 g/mol. The van der Waals surface area contributed by atoms with Crippen LogP contribution in [0.25, 0.3) is 0 Å². The van der Waals surface area contributed by atoms with Gasteiger partial charge in [0.15, 0.2) is 0 Å². The highest BCUT2D eigenvalue weighted by atomic mass is 19.4. The second-order valence-electron chi connectivity index (χ2n) is 2.92. The number of rotatable bonds is 1. The lowest BCUT2D eigenvalue weighted by atomic mass is 10.3. The van der Waals surface area contributed by atoms with Crippen molar-refractivity contribution >= 4 is 0 Å². The summed E-state index contributed by atoms with van der Waals surface area (Å²) in [6.07, 6.45) is -1.59. The molecule has 0 atom stereocenters. The Morgan fingerprint density at radius 2 is 1.73 bits per heavy atom. The Labute approximate surface area is 87.6 Å². The maximum Gasteiger partial charge on any atom is 0.433 e. The number of alkyl halides is 3. The van der Waals surface area contributed by atoms with E-state index in [9.17, 15) is 13.2 Å². The summed E-state index contributed by atoms with van der Waals surface area (Å²) in [6.45, 7) is 5.95. The highest BCUT2D eigenvalue weighted by molar-refractivity contribution is 5.05. The Morgan fingerprint density at radius 3 is 2.13 bits per heavy atom. The second kappa shape index (κ2) is 6.37. The average Bonchev–Trinajstić information content (AvgIpc) is 2.18. The van der Waals surface area contributed by atoms with Crippen molar-refractivity contribution in [2.45, 2.75) is 39.8 Å². The third kappa shape index (κ3) is 5.34. The van der Waals surface area contributed by atoms with Crippen LogP contribution in [-0.4, -0.2) is 9.97 Å². The van der Waals surface area contributed by atoms with Gasteiger partial charge >= 0.3 is 6.18 Å². The summed E-state index contributed by atoms with van der Waals surface area (Å²) in [7, 11) is 0. The molecule has 0 saturated heterocycles. The van der Waals surface area contributed by atoms with Gasteiger partial charge in [0.05, 0.1) is 0 Å². The van der Waals surface area contributed by atoms with Crippen molar-refractivity contribution in [3.05, 3.63) is 23.8 Å². The Balaban J connectivity index is 0.000000583. The van der Waals surface area contributed by atoms with Gasteiger partial charge in [-0.1, -0.05) is 27.2 Å². The number of hydrogen-bond donors (Lipinski definition) is 0. The van der Waals surface area contributed by atoms with Crippen LogP contribution in [0, 0.1) is 0 Å². The van der Waals surface area contributed by atoms with E-state index in [0.717, 1.165) is 12.3 Å². The largest absolute Gasteiger partial charge is 0.433 e. The molecule has 0 aliphatic carbocycles. The van der Waals surface area contributed by atoms with Crippen molar-refractivity contribution in [3.63, 3.8) is 0 Å². The zero-order valence-electron chi connectivity index (χ0n) is 9.10. The smallest absolute Gasteiger partial charge is 0.241 e. The van der Waals surface area contributed by atoms with Crippen LogP contribution < -0.4 is 0 Å². The standard InChI is InChI=1S/C7H7F3N2.C3H8/c1-2-6-11-4-3-5(12-6)7(8,9)10;1-3-2/h3-4H,2H2,1H3;3H2,1-2H3. The molecule has 0 radical (unpaired) electrons. The number of aromatic nitrogens is 2. The van der Waals surface area contributed by atoms with Crippen LogP contribution >= 0.6 is 0 Å². The zero-order valence-corrected chi connectivity index (χ0v) is 9.10. The van der Waals surface area contributed by atoms with E-state index in [2.05, 4.69) is 23.8 Å². The number of nitrogens with zero attached hydrogens (tertiary/aromatic N) is 2. The molecule has 1 heterocycles. The molecule has 15 heavy (non-hydrogen) atoms. The lowest BCUT2D eigenvalue weighted by molar-refractivity contribution is -0.141. The first kappa shape index (κ1) is 13.9. The van der Waals surface area contributed by atoms with Crippen LogP contribution in [0.1, 0.15) is 38.7 Å². The van der Waals surface area contributed by atoms with E-state index in [-0.39, 0.29) is 5.82 Å². The Bertz CT molecular complexity index is 284. The lowest BCUT2D eigenvalue weighted by Gasteiger charge is -2.05. The highest BCUT2D eigenvalue weighted by Crippen LogP contribution is 2.26. The van der Waals surface area contributed by atoms with Gasteiger partial charge in [-0.2, -0.15) is 13.2 Å². The summed E-state index contributed by atoms with van der Waals surface area (Å²) < 4.78 is 36.0. The molecule has 0 spiro atoms. The van der Waals surface area contributed by atoms with Crippen LogP contribution in [0.15, 0.2) is 12.3 Å². The normalized spacial score (nSPS) is 10.5. The SMILES string of the molecule is CCC.CCc1nccc(C(F)(F)F)n1. The summed E-state index contributed by atoms with van der Waals surface area (Å²) in [5.41, 5.74) is -0.880. The van der Waals surface area contributed by atoms with Crippen molar-refractivity contribution in [3.8, 4) is 0 Å². The van der Waals surface area contributed by atoms with Crippen LogP contribution in [0.2, 0.25) is 0 Å². The molecule has 0 fully saturated rings. The molecule has 1 aromatic heterocycles. The first-order valence-corrected chi connectivity index (χ1v) is 4.84. The fourth-order valence-electron chi connectivity index (χ4n) is 0.727. The molecular formula is C10H15F3N2. The van der Waals surface area contributed by atoms with Gasteiger partial charge < -0.3 is 0 Å². The van der Waals surface area contributed by atoms with Crippen LogP contribution in [-0.2, 0) is 12.6 Å². The molecular weight excluding hydrogens is 205 g/mol. The topological polar surface area (TPSA) is 25.8 Å². The summed E-state index contributed by atoms with van der Waals surface area (Å²) in [4.78, 5) is 6.99. The Kier molecular flexibility index (Phi) is 5.89. The van der Waals surface area contributed by atoms with Crippen molar-refractivity contribution in [1.29, 1.82) is 0 Å². The highest BCUT2D eigenvalue weighted by Gasteiger charge is 2.32. The van der Waals surface area contributed by atoms with E-state index in [1.807, 2.05) is 0 Å². The number of aryl methyl sites for hydroxylation is 1. The molecule has 0 saturated carbocycles. The molecule has 0 amide bonds. The van der Waals surface area contributed by atoms with Gasteiger partial charge in [0, 0.05) is 12.6 Å². The van der Waals surface area contributed by atoms with E-state index in [1.165, 1.54) is 6.42 Å². The predicted molar refractivity (Wildman–Crippen MR) is 52.4 cm³/mol. The summed E-state index contributed by atoms with van der Waals surface area (Å²) in [5.74, 6) is 0.213.